The molecule has 0 spiro atoms. The molecular weight excluding hydrogens is 277 g/mol. The van der Waals surface area contributed by atoms with Crippen LogP contribution in [0.2, 0.25) is 0 Å². The molecule has 2 aromatic carbocycles. The second-order valence-electron chi connectivity index (χ2n) is 5.14. The van der Waals surface area contributed by atoms with Gasteiger partial charge in [0, 0.05) is 5.56 Å². The van der Waals surface area contributed by atoms with Crippen molar-refractivity contribution in [3.63, 3.8) is 0 Å². The zero-order chi connectivity index (χ0) is 15.2. The van der Waals surface area contributed by atoms with E-state index in [9.17, 15) is 13.2 Å². The summed E-state index contributed by atoms with van der Waals surface area (Å²) in [5, 5.41) is 0. The van der Waals surface area contributed by atoms with Crippen LogP contribution in [0.4, 0.5) is 13.2 Å². The highest BCUT2D eigenvalue weighted by Crippen LogP contribution is 2.31. The summed E-state index contributed by atoms with van der Waals surface area (Å²) in [7, 11) is 0. The van der Waals surface area contributed by atoms with Gasteiger partial charge in [-0.1, -0.05) is 18.2 Å². The summed E-state index contributed by atoms with van der Waals surface area (Å²) < 4.78 is 37.7. The highest BCUT2D eigenvalue weighted by atomic mass is 19.4. The van der Waals surface area contributed by atoms with Crippen LogP contribution < -0.4 is 0 Å². The number of aromatic amines is 1. The van der Waals surface area contributed by atoms with Gasteiger partial charge in [-0.05, 0) is 43.2 Å². The normalized spacial score (nSPS) is 12.0. The quantitative estimate of drug-likeness (QED) is 0.681. The highest BCUT2D eigenvalue weighted by molar-refractivity contribution is 5.83. The molecule has 0 atom stereocenters. The number of nitrogens with zero attached hydrogens (tertiary/aromatic N) is 1. The number of benzene rings is 2. The molecule has 1 N–H and O–H groups in total. The van der Waals surface area contributed by atoms with E-state index in [1.54, 1.807) is 0 Å². The summed E-state index contributed by atoms with van der Waals surface area (Å²) >= 11 is 0. The molecule has 3 rings (SSSR count). The number of aryl methyl sites for hydroxylation is 2. The molecular formula is C16H13F3N2. The van der Waals surface area contributed by atoms with Gasteiger partial charge >= 0.3 is 6.18 Å². The number of alkyl halides is 3. The van der Waals surface area contributed by atoms with Crippen molar-refractivity contribution in [2.45, 2.75) is 20.0 Å². The van der Waals surface area contributed by atoms with Gasteiger partial charge in [0.15, 0.2) is 0 Å². The summed E-state index contributed by atoms with van der Waals surface area (Å²) in [4.78, 5) is 7.64. The third-order valence-corrected chi connectivity index (χ3v) is 3.41. The minimum Gasteiger partial charge on any atom is -0.338 e. The number of hydrogen-bond acceptors (Lipinski definition) is 1. The van der Waals surface area contributed by atoms with Gasteiger partial charge < -0.3 is 4.98 Å². The van der Waals surface area contributed by atoms with E-state index in [4.69, 9.17) is 0 Å². The first-order valence-corrected chi connectivity index (χ1v) is 6.49. The monoisotopic (exact) mass is 290 g/mol. The molecule has 108 valence electrons. The molecule has 1 heterocycles. The van der Waals surface area contributed by atoms with Crippen LogP contribution in [-0.2, 0) is 6.18 Å². The summed E-state index contributed by atoms with van der Waals surface area (Å²) in [6.07, 6.45) is -4.32. The first-order valence-electron chi connectivity index (χ1n) is 6.49. The lowest BCUT2D eigenvalue weighted by atomic mass is 10.1. The van der Waals surface area contributed by atoms with Gasteiger partial charge in [0.25, 0.3) is 0 Å². The third-order valence-electron chi connectivity index (χ3n) is 3.41. The van der Waals surface area contributed by atoms with Gasteiger partial charge in [-0.15, -0.1) is 0 Å². The standard InChI is InChI=1S/C16H13F3N2/c1-9-7-10(2)14-13(8-9)20-15(21-14)11-3-5-12(6-4-11)16(17,18)19/h3-8H,1-2H3,(H,20,21). The van der Waals surface area contributed by atoms with E-state index in [0.717, 1.165) is 34.3 Å². The lowest BCUT2D eigenvalue weighted by Gasteiger charge is -2.06. The topological polar surface area (TPSA) is 28.7 Å². The van der Waals surface area contributed by atoms with Gasteiger partial charge in [0.05, 0.1) is 16.6 Å². The van der Waals surface area contributed by atoms with Crippen molar-refractivity contribution in [3.05, 3.63) is 53.1 Å². The van der Waals surface area contributed by atoms with Crippen LogP contribution in [0, 0.1) is 13.8 Å². The van der Waals surface area contributed by atoms with Crippen molar-refractivity contribution in [2.24, 2.45) is 0 Å². The van der Waals surface area contributed by atoms with Crippen LogP contribution in [-0.4, -0.2) is 9.97 Å². The fraction of sp³-hybridized carbons (Fsp3) is 0.188. The predicted molar refractivity (Wildman–Crippen MR) is 76.0 cm³/mol. The molecule has 0 aliphatic rings. The zero-order valence-electron chi connectivity index (χ0n) is 11.5. The van der Waals surface area contributed by atoms with E-state index in [0.29, 0.717) is 11.4 Å². The Kier molecular flexibility index (Phi) is 3.01. The second-order valence-corrected chi connectivity index (χ2v) is 5.14. The van der Waals surface area contributed by atoms with Crippen LogP contribution in [0.15, 0.2) is 36.4 Å². The summed E-state index contributed by atoms with van der Waals surface area (Å²) in [5.74, 6) is 0.576. The Morgan fingerprint density at radius 2 is 1.67 bits per heavy atom. The molecule has 0 bridgehead atoms. The first-order chi connectivity index (χ1) is 9.84. The fourth-order valence-corrected chi connectivity index (χ4v) is 2.42. The maximum Gasteiger partial charge on any atom is 0.416 e. The van der Waals surface area contributed by atoms with Crippen molar-refractivity contribution in [1.82, 2.24) is 9.97 Å². The van der Waals surface area contributed by atoms with E-state index in [2.05, 4.69) is 9.97 Å². The number of imidazole rings is 1. The number of H-pyrrole nitrogens is 1. The Balaban J connectivity index is 2.06. The molecule has 1 aromatic heterocycles. The highest BCUT2D eigenvalue weighted by Gasteiger charge is 2.30. The number of halogens is 3. The van der Waals surface area contributed by atoms with Gasteiger partial charge in [0.1, 0.15) is 5.82 Å². The van der Waals surface area contributed by atoms with Crippen molar-refractivity contribution >= 4 is 11.0 Å². The Bertz CT molecular complexity index is 799. The van der Waals surface area contributed by atoms with Crippen molar-refractivity contribution in [2.75, 3.05) is 0 Å². The molecule has 0 saturated carbocycles. The molecule has 21 heavy (non-hydrogen) atoms. The fourth-order valence-electron chi connectivity index (χ4n) is 2.42. The number of hydrogen-bond donors (Lipinski definition) is 1. The molecule has 0 aliphatic heterocycles. The third kappa shape index (κ3) is 2.51. The second kappa shape index (κ2) is 4.62. The van der Waals surface area contributed by atoms with Crippen molar-refractivity contribution < 1.29 is 13.2 Å². The summed E-state index contributed by atoms with van der Waals surface area (Å²) in [5.41, 5.74) is 3.87. The summed E-state index contributed by atoms with van der Waals surface area (Å²) in [6.45, 7) is 3.96. The molecule has 3 aromatic rings. The average Bonchev–Trinajstić information content (AvgIpc) is 2.82. The van der Waals surface area contributed by atoms with Crippen LogP contribution >= 0.6 is 0 Å². The van der Waals surface area contributed by atoms with E-state index < -0.39 is 11.7 Å². The average molecular weight is 290 g/mol. The number of aromatic nitrogens is 2. The maximum absolute atomic E-state index is 12.6. The molecule has 5 heteroatoms. The van der Waals surface area contributed by atoms with E-state index in [-0.39, 0.29) is 0 Å². The molecule has 0 radical (unpaired) electrons. The van der Waals surface area contributed by atoms with Gasteiger partial charge in [-0.25, -0.2) is 4.98 Å². The predicted octanol–water partition coefficient (Wildman–Crippen LogP) is 4.87. The Labute approximate surface area is 119 Å². The Morgan fingerprint density at radius 3 is 2.29 bits per heavy atom. The minimum atomic E-state index is -4.32. The molecule has 0 fully saturated rings. The Hall–Kier alpha value is -2.30. The molecule has 0 unspecified atom stereocenters. The van der Waals surface area contributed by atoms with Crippen molar-refractivity contribution in [3.8, 4) is 11.4 Å². The molecule has 0 amide bonds. The smallest absolute Gasteiger partial charge is 0.338 e. The lowest BCUT2D eigenvalue weighted by molar-refractivity contribution is -0.137. The zero-order valence-corrected chi connectivity index (χ0v) is 11.5. The lowest BCUT2D eigenvalue weighted by Crippen LogP contribution is -2.04. The largest absolute Gasteiger partial charge is 0.416 e. The van der Waals surface area contributed by atoms with Crippen LogP contribution in [0.3, 0.4) is 0 Å². The minimum absolute atomic E-state index is 0.576. The maximum atomic E-state index is 12.6. The molecule has 0 aliphatic carbocycles. The van der Waals surface area contributed by atoms with Gasteiger partial charge in [-0.3, -0.25) is 0 Å². The number of nitrogens with one attached hydrogen (secondary N) is 1. The van der Waals surface area contributed by atoms with Crippen LogP contribution in [0.1, 0.15) is 16.7 Å². The van der Waals surface area contributed by atoms with Crippen molar-refractivity contribution in [1.29, 1.82) is 0 Å². The van der Waals surface area contributed by atoms with Crippen LogP contribution in [0.5, 0.6) is 0 Å². The SMILES string of the molecule is Cc1cc(C)c2nc(-c3ccc(C(F)(F)F)cc3)[nH]c2c1. The number of fused-ring (bicyclic) bond motifs is 1. The first kappa shape index (κ1) is 13.7. The van der Waals surface area contributed by atoms with Gasteiger partial charge in [0.2, 0.25) is 0 Å². The van der Waals surface area contributed by atoms with E-state index in [1.807, 2.05) is 26.0 Å². The Morgan fingerprint density at radius 1 is 1.00 bits per heavy atom. The van der Waals surface area contributed by atoms with E-state index in [1.165, 1.54) is 12.1 Å². The molecule has 0 saturated heterocycles. The van der Waals surface area contributed by atoms with Crippen LogP contribution in [0.25, 0.3) is 22.4 Å². The summed E-state index contributed by atoms with van der Waals surface area (Å²) in [6, 6.07) is 9.01. The molecule has 2 nitrogen and oxygen atoms in total. The number of rotatable bonds is 1. The van der Waals surface area contributed by atoms with Gasteiger partial charge in [-0.2, -0.15) is 13.2 Å². The van der Waals surface area contributed by atoms with E-state index >= 15 is 0 Å².